The van der Waals surface area contributed by atoms with E-state index in [1.54, 1.807) is 0 Å². The first-order chi connectivity index (χ1) is 7.69. The molecular formula is C11H18N2O2S. The second-order valence-corrected chi connectivity index (χ2v) is 5.34. The highest BCUT2D eigenvalue weighted by Crippen LogP contribution is 2.40. The van der Waals surface area contributed by atoms with E-state index in [4.69, 9.17) is 10.5 Å². The summed E-state index contributed by atoms with van der Waals surface area (Å²) in [4.78, 5) is 13.9. The lowest BCUT2D eigenvalue weighted by Gasteiger charge is -2.39. The molecule has 2 heterocycles. The van der Waals surface area contributed by atoms with Crippen LogP contribution < -0.4 is 5.73 Å². The van der Waals surface area contributed by atoms with E-state index in [-0.39, 0.29) is 18.1 Å². The topological polar surface area (TPSA) is 55.6 Å². The Bertz CT molecular complexity index is 319. The molecule has 90 valence electrons. The Morgan fingerprint density at radius 2 is 2.38 bits per heavy atom. The van der Waals surface area contributed by atoms with Crippen LogP contribution in [0.5, 0.6) is 0 Å². The van der Waals surface area contributed by atoms with Crippen molar-refractivity contribution in [3.8, 4) is 0 Å². The summed E-state index contributed by atoms with van der Waals surface area (Å²) >= 11 is 1.84. The summed E-state index contributed by atoms with van der Waals surface area (Å²) in [5.74, 6) is 0.797. The van der Waals surface area contributed by atoms with Crippen molar-refractivity contribution in [1.82, 2.24) is 4.90 Å². The van der Waals surface area contributed by atoms with Crippen molar-refractivity contribution in [3.05, 3.63) is 11.8 Å². The van der Waals surface area contributed by atoms with Gasteiger partial charge in [-0.05, 0) is 19.8 Å². The third kappa shape index (κ3) is 1.82. The largest absolute Gasteiger partial charge is 0.467 e. The lowest BCUT2D eigenvalue weighted by atomic mass is 10.1. The Balaban J connectivity index is 2.24. The minimum Gasteiger partial charge on any atom is -0.467 e. The van der Waals surface area contributed by atoms with Gasteiger partial charge in [-0.15, -0.1) is 11.8 Å². The van der Waals surface area contributed by atoms with E-state index >= 15 is 0 Å². The van der Waals surface area contributed by atoms with Crippen LogP contribution in [0, 0.1) is 0 Å². The highest BCUT2D eigenvalue weighted by atomic mass is 32.2. The maximum Gasteiger partial charge on any atom is 0.328 e. The molecule has 0 aromatic rings. The first-order valence-electron chi connectivity index (χ1n) is 5.58. The molecule has 4 nitrogen and oxygen atoms in total. The van der Waals surface area contributed by atoms with E-state index in [0.29, 0.717) is 5.37 Å². The van der Waals surface area contributed by atoms with Crippen molar-refractivity contribution in [2.45, 2.75) is 37.2 Å². The molecule has 3 unspecified atom stereocenters. The number of hydrogen-bond acceptors (Lipinski definition) is 5. The van der Waals surface area contributed by atoms with Gasteiger partial charge >= 0.3 is 5.97 Å². The average molecular weight is 242 g/mol. The van der Waals surface area contributed by atoms with Gasteiger partial charge in [-0.25, -0.2) is 4.79 Å². The molecule has 2 rings (SSSR count). The predicted octanol–water partition coefficient (Wildman–Crippen LogP) is 0.928. The van der Waals surface area contributed by atoms with Gasteiger partial charge < -0.3 is 15.4 Å². The molecule has 0 spiro atoms. The van der Waals surface area contributed by atoms with Crippen molar-refractivity contribution in [2.75, 3.05) is 12.9 Å². The first-order valence-corrected chi connectivity index (χ1v) is 6.63. The Morgan fingerprint density at radius 1 is 1.62 bits per heavy atom. The quantitative estimate of drug-likeness (QED) is 0.693. The van der Waals surface area contributed by atoms with Crippen LogP contribution in [0.3, 0.4) is 0 Å². The molecule has 0 amide bonds. The van der Waals surface area contributed by atoms with Gasteiger partial charge in [0.15, 0.2) is 0 Å². The number of rotatable bonds is 1. The van der Waals surface area contributed by atoms with Crippen molar-refractivity contribution in [2.24, 2.45) is 5.73 Å². The van der Waals surface area contributed by atoms with Gasteiger partial charge in [0.05, 0.1) is 18.5 Å². The second-order valence-electron chi connectivity index (χ2n) is 4.13. The number of ether oxygens (including phenoxy) is 1. The number of thioether (sulfide) groups is 1. The average Bonchev–Trinajstić information content (AvgIpc) is 2.72. The summed E-state index contributed by atoms with van der Waals surface area (Å²) in [7, 11) is 1.45. The molecular weight excluding hydrogens is 224 g/mol. The van der Waals surface area contributed by atoms with E-state index in [0.717, 1.165) is 24.3 Å². The summed E-state index contributed by atoms with van der Waals surface area (Å²) < 4.78 is 4.85. The number of carbonyl (C=O) groups is 1. The zero-order chi connectivity index (χ0) is 11.7. The van der Waals surface area contributed by atoms with Gasteiger partial charge in [-0.3, -0.25) is 0 Å². The third-order valence-electron chi connectivity index (χ3n) is 3.25. The summed E-state index contributed by atoms with van der Waals surface area (Å²) in [6, 6.07) is -0.100. The molecule has 3 atom stereocenters. The second kappa shape index (κ2) is 4.67. The number of methoxy groups -OCH3 is 1. The highest BCUT2D eigenvalue weighted by molar-refractivity contribution is 7.99. The Kier molecular flexibility index (Phi) is 3.44. The lowest BCUT2D eigenvalue weighted by Crippen LogP contribution is -2.49. The summed E-state index contributed by atoms with van der Waals surface area (Å²) in [5.41, 5.74) is 7.16. The van der Waals surface area contributed by atoms with E-state index in [1.807, 2.05) is 24.8 Å². The van der Waals surface area contributed by atoms with Crippen LogP contribution in [0.25, 0.3) is 0 Å². The smallest absolute Gasteiger partial charge is 0.328 e. The molecule has 2 saturated heterocycles. The van der Waals surface area contributed by atoms with Gasteiger partial charge in [0.1, 0.15) is 6.04 Å². The molecule has 2 fully saturated rings. The Morgan fingerprint density at radius 3 is 3.00 bits per heavy atom. The number of hydrogen-bond donors (Lipinski definition) is 1. The molecule has 2 aliphatic rings. The van der Waals surface area contributed by atoms with Crippen molar-refractivity contribution in [3.63, 3.8) is 0 Å². The molecule has 0 aliphatic carbocycles. The summed E-state index contributed by atoms with van der Waals surface area (Å²) in [6.45, 7) is 1.98. The minimum atomic E-state index is -0.142. The summed E-state index contributed by atoms with van der Waals surface area (Å²) in [6.07, 6.45) is 3.93. The molecule has 0 aromatic carbocycles. The Labute approximate surface area is 100 Å². The Hall–Kier alpha value is -0.680. The lowest BCUT2D eigenvalue weighted by molar-refractivity contribution is -0.145. The SMILES string of the molecule is C/C=C1/C(N)CSC2CCC(C(=O)OC)N12. The van der Waals surface area contributed by atoms with E-state index in [2.05, 4.69) is 4.90 Å². The molecule has 0 saturated carbocycles. The van der Waals surface area contributed by atoms with Gasteiger partial charge in [0.25, 0.3) is 0 Å². The normalized spacial score (nSPS) is 36.3. The van der Waals surface area contributed by atoms with Crippen LogP contribution in [0.2, 0.25) is 0 Å². The molecule has 2 aliphatic heterocycles. The highest BCUT2D eigenvalue weighted by Gasteiger charge is 2.43. The number of esters is 1. The van der Waals surface area contributed by atoms with E-state index < -0.39 is 0 Å². The first kappa shape index (κ1) is 11.8. The number of carbonyl (C=O) groups excluding carboxylic acids is 1. The molecule has 2 N–H and O–H groups in total. The van der Waals surface area contributed by atoms with E-state index in [9.17, 15) is 4.79 Å². The number of allylic oxidation sites excluding steroid dienone is 1. The standard InChI is InChI=1S/C11H18N2O2S/c1-3-8-7(12)6-16-10-5-4-9(13(8)10)11(14)15-2/h3,7,9-10H,4-6,12H2,1-2H3/b8-3-. The molecule has 16 heavy (non-hydrogen) atoms. The van der Waals surface area contributed by atoms with Crippen LogP contribution in [0.4, 0.5) is 0 Å². The van der Waals surface area contributed by atoms with Crippen molar-refractivity contribution < 1.29 is 9.53 Å². The fraction of sp³-hybridized carbons (Fsp3) is 0.727. The fourth-order valence-corrected chi connectivity index (χ4v) is 3.84. The van der Waals surface area contributed by atoms with Crippen LogP contribution in [-0.4, -0.2) is 41.2 Å². The third-order valence-corrected chi connectivity index (χ3v) is 4.65. The van der Waals surface area contributed by atoms with Gasteiger partial charge in [-0.2, -0.15) is 0 Å². The molecule has 0 bridgehead atoms. The number of nitrogens with zero attached hydrogens (tertiary/aromatic N) is 1. The molecule has 0 aromatic heterocycles. The zero-order valence-electron chi connectivity index (χ0n) is 9.68. The maximum atomic E-state index is 11.7. The molecule has 5 heteroatoms. The van der Waals surface area contributed by atoms with Crippen molar-refractivity contribution in [1.29, 1.82) is 0 Å². The van der Waals surface area contributed by atoms with Crippen LogP contribution in [0.15, 0.2) is 11.8 Å². The fourth-order valence-electron chi connectivity index (χ4n) is 2.51. The predicted molar refractivity (Wildman–Crippen MR) is 64.9 cm³/mol. The zero-order valence-corrected chi connectivity index (χ0v) is 10.5. The molecule has 0 radical (unpaired) electrons. The van der Waals surface area contributed by atoms with Crippen LogP contribution >= 0.6 is 11.8 Å². The minimum absolute atomic E-state index is 0.0384. The van der Waals surface area contributed by atoms with E-state index in [1.165, 1.54) is 7.11 Å². The van der Waals surface area contributed by atoms with Crippen molar-refractivity contribution >= 4 is 17.7 Å². The maximum absolute atomic E-state index is 11.7. The number of fused-ring (bicyclic) bond motifs is 1. The van der Waals surface area contributed by atoms with Crippen LogP contribution in [-0.2, 0) is 9.53 Å². The van der Waals surface area contributed by atoms with Gasteiger partial charge in [0, 0.05) is 11.4 Å². The summed E-state index contributed by atoms with van der Waals surface area (Å²) in [5, 5.41) is 0.398. The monoisotopic (exact) mass is 242 g/mol. The van der Waals surface area contributed by atoms with Gasteiger partial charge in [-0.1, -0.05) is 6.08 Å². The number of nitrogens with two attached hydrogens (primary N) is 1. The van der Waals surface area contributed by atoms with Gasteiger partial charge in [0.2, 0.25) is 0 Å². The van der Waals surface area contributed by atoms with Crippen LogP contribution in [0.1, 0.15) is 19.8 Å².